The predicted octanol–water partition coefficient (Wildman–Crippen LogP) is 3.34. The fraction of sp³-hybridized carbons (Fsp3) is 0.647. The molecule has 3 heteroatoms. The van der Waals surface area contributed by atoms with Gasteiger partial charge in [-0.3, -0.25) is 0 Å². The predicted molar refractivity (Wildman–Crippen MR) is 80.7 cm³/mol. The van der Waals surface area contributed by atoms with E-state index in [1.807, 2.05) is 0 Å². The fourth-order valence-electron chi connectivity index (χ4n) is 3.47. The minimum Gasteiger partial charge on any atom is -0.486 e. The fourth-order valence-corrected chi connectivity index (χ4v) is 3.47. The molecule has 3 rings (SSSR count). The quantitative estimate of drug-likeness (QED) is 0.836. The van der Waals surface area contributed by atoms with E-state index in [0.29, 0.717) is 19.1 Å². The number of rotatable bonds is 5. The number of nitrogens with one attached hydrogen (secondary N) is 1. The van der Waals surface area contributed by atoms with Gasteiger partial charge in [-0.25, -0.2) is 0 Å². The van der Waals surface area contributed by atoms with E-state index in [0.717, 1.165) is 30.5 Å². The van der Waals surface area contributed by atoms with Crippen LogP contribution in [0.1, 0.15) is 44.1 Å². The van der Waals surface area contributed by atoms with Gasteiger partial charge in [0.15, 0.2) is 11.5 Å². The summed E-state index contributed by atoms with van der Waals surface area (Å²) in [6, 6.07) is 6.52. The lowest BCUT2D eigenvalue weighted by atomic mass is 9.88. The van der Waals surface area contributed by atoms with E-state index in [9.17, 15) is 0 Å². The molecule has 0 amide bonds. The molecule has 0 saturated heterocycles. The van der Waals surface area contributed by atoms with E-state index in [2.05, 4.69) is 30.4 Å². The van der Waals surface area contributed by atoms with Crippen molar-refractivity contribution in [2.24, 2.45) is 5.92 Å². The molecule has 1 heterocycles. The van der Waals surface area contributed by atoms with Crippen molar-refractivity contribution < 1.29 is 9.47 Å². The Kier molecular flexibility index (Phi) is 4.46. The van der Waals surface area contributed by atoms with Crippen LogP contribution < -0.4 is 14.8 Å². The van der Waals surface area contributed by atoms with Crippen molar-refractivity contribution in [2.75, 3.05) is 26.3 Å². The lowest BCUT2D eigenvalue weighted by Gasteiger charge is -2.23. The van der Waals surface area contributed by atoms with E-state index in [1.54, 1.807) is 0 Å². The highest BCUT2D eigenvalue weighted by molar-refractivity contribution is 5.45. The smallest absolute Gasteiger partial charge is 0.161 e. The second-order valence-electron chi connectivity index (χ2n) is 5.90. The minimum atomic E-state index is 0.666. The third-order valence-electron chi connectivity index (χ3n) is 4.49. The first-order chi connectivity index (χ1) is 9.88. The minimum absolute atomic E-state index is 0.666. The molecular weight excluding hydrogens is 250 g/mol. The average molecular weight is 275 g/mol. The van der Waals surface area contributed by atoms with Crippen LogP contribution in [-0.2, 0) is 0 Å². The molecular formula is C17H25NO2. The highest BCUT2D eigenvalue weighted by Crippen LogP contribution is 2.42. The van der Waals surface area contributed by atoms with Crippen LogP contribution in [0.15, 0.2) is 18.2 Å². The second-order valence-corrected chi connectivity index (χ2v) is 5.90. The molecule has 1 aromatic rings. The topological polar surface area (TPSA) is 30.5 Å². The van der Waals surface area contributed by atoms with Crippen LogP contribution in [0.4, 0.5) is 0 Å². The highest BCUT2D eigenvalue weighted by Gasteiger charge is 2.29. The largest absolute Gasteiger partial charge is 0.486 e. The van der Waals surface area contributed by atoms with E-state index >= 15 is 0 Å². The van der Waals surface area contributed by atoms with Gasteiger partial charge >= 0.3 is 0 Å². The van der Waals surface area contributed by atoms with Gasteiger partial charge in [0.05, 0.1) is 0 Å². The first-order valence-electron chi connectivity index (χ1n) is 7.98. The number of hydrogen-bond donors (Lipinski definition) is 1. The Morgan fingerprint density at radius 3 is 2.85 bits per heavy atom. The SMILES string of the molecule is CCCNCC1CCCC1c1ccc2c(c1)OCCO2. The number of hydrogen-bond acceptors (Lipinski definition) is 3. The van der Waals surface area contributed by atoms with Crippen molar-refractivity contribution in [2.45, 2.75) is 38.5 Å². The molecule has 1 saturated carbocycles. The molecule has 2 atom stereocenters. The molecule has 2 unspecified atom stereocenters. The molecule has 2 aliphatic rings. The third kappa shape index (κ3) is 2.93. The van der Waals surface area contributed by atoms with Gasteiger partial charge in [-0.2, -0.15) is 0 Å². The molecule has 1 aliphatic heterocycles. The molecule has 110 valence electrons. The summed E-state index contributed by atoms with van der Waals surface area (Å²) in [5.74, 6) is 3.28. The molecule has 0 radical (unpaired) electrons. The maximum absolute atomic E-state index is 5.72. The monoisotopic (exact) mass is 275 g/mol. The summed E-state index contributed by atoms with van der Waals surface area (Å²) in [7, 11) is 0. The summed E-state index contributed by atoms with van der Waals surface area (Å²) in [6.45, 7) is 5.83. The Hall–Kier alpha value is -1.22. The first kappa shape index (κ1) is 13.7. The average Bonchev–Trinajstić information content (AvgIpc) is 2.95. The summed E-state index contributed by atoms with van der Waals surface area (Å²) in [5, 5.41) is 3.58. The Balaban J connectivity index is 1.70. The van der Waals surface area contributed by atoms with Crippen LogP contribution in [0.25, 0.3) is 0 Å². The molecule has 0 spiro atoms. The Labute approximate surface area is 121 Å². The van der Waals surface area contributed by atoms with Crippen molar-refractivity contribution in [3.8, 4) is 11.5 Å². The molecule has 3 nitrogen and oxygen atoms in total. The summed E-state index contributed by atoms with van der Waals surface area (Å²) in [4.78, 5) is 0. The number of ether oxygens (including phenoxy) is 2. The third-order valence-corrected chi connectivity index (χ3v) is 4.49. The van der Waals surface area contributed by atoms with Gasteiger partial charge in [0.2, 0.25) is 0 Å². The zero-order valence-corrected chi connectivity index (χ0v) is 12.4. The Morgan fingerprint density at radius 1 is 1.15 bits per heavy atom. The second kappa shape index (κ2) is 6.49. The van der Waals surface area contributed by atoms with Crippen molar-refractivity contribution in [1.82, 2.24) is 5.32 Å². The van der Waals surface area contributed by atoms with Gasteiger partial charge in [0.25, 0.3) is 0 Å². The molecule has 20 heavy (non-hydrogen) atoms. The standard InChI is InChI=1S/C17H25NO2/c1-2-8-18-12-14-4-3-5-15(14)13-6-7-16-17(11-13)20-10-9-19-16/h6-7,11,14-15,18H,2-5,8-10,12H2,1H3. The summed E-state index contributed by atoms with van der Waals surface area (Å²) in [6.07, 6.45) is 5.20. The maximum Gasteiger partial charge on any atom is 0.161 e. The Morgan fingerprint density at radius 2 is 2.00 bits per heavy atom. The summed E-state index contributed by atoms with van der Waals surface area (Å²) in [5.41, 5.74) is 1.43. The first-order valence-corrected chi connectivity index (χ1v) is 7.98. The van der Waals surface area contributed by atoms with Crippen molar-refractivity contribution in [1.29, 1.82) is 0 Å². The number of benzene rings is 1. The van der Waals surface area contributed by atoms with E-state index in [4.69, 9.17) is 9.47 Å². The lowest BCUT2D eigenvalue weighted by molar-refractivity contribution is 0.171. The number of fused-ring (bicyclic) bond motifs is 1. The van der Waals surface area contributed by atoms with Gasteiger partial charge in [0, 0.05) is 0 Å². The van der Waals surface area contributed by atoms with Crippen LogP contribution in [0.2, 0.25) is 0 Å². The van der Waals surface area contributed by atoms with Crippen molar-refractivity contribution >= 4 is 0 Å². The maximum atomic E-state index is 5.72. The zero-order valence-electron chi connectivity index (χ0n) is 12.4. The molecule has 0 bridgehead atoms. The van der Waals surface area contributed by atoms with Gasteiger partial charge in [-0.1, -0.05) is 19.4 Å². The zero-order chi connectivity index (χ0) is 13.8. The molecule has 1 N–H and O–H groups in total. The highest BCUT2D eigenvalue weighted by atomic mass is 16.6. The summed E-state index contributed by atoms with van der Waals surface area (Å²) >= 11 is 0. The van der Waals surface area contributed by atoms with Gasteiger partial charge in [0.1, 0.15) is 13.2 Å². The van der Waals surface area contributed by atoms with E-state index in [1.165, 1.54) is 31.2 Å². The van der Waals surface area contributed by atoms with Crippen LogP contribution >= 0.6 is 0 Å². The van der Waals surface area contributed by atoms with Crippen LogP contribution in [0.3, 0.4) is 0 Å². The van der Waals surface area contributed by atoms with Gasteiger partial charge < -0.3 is 14.8 Å². The van der Waals surface area contributed by atoms with Gasteiger partial charge in [-0.05, 0) is 61.9 Å². The van der Waals surface area contributed by atoms with Crippen LogP contribution in [0, 0.1) is 5.92 Å². The van der Waals surface area contributed by atoms with E-state index in [-0.39, 0.29) is 0 Å². The lowest BCUT2D eigenvalue weighted by Crippen LogP contribution is -2.25. The summed E-state index contributed by atoms with van der Waals surface area (Å²) < 4.78 is 11.3. The molecule has 1 aliphatic carbocycles. The van der Waals surface area contributed by atoms with Crippen LogP contribution in [-0.4, -0.2) is 26.3 Å². The molecule has 0 aromatic heterocycles. The van der Waals surface area contributed by atoms with E-state index < -0.39 is 0 Å². The van der Waals surface area contributed by atoms with Crippen LogP contribution in [0.5, 0.6) is 11.5 Å². The molecule has 1 aromatic carbocycles. The van der Waals surface area contributed by atoms with Crippen molar-refractivity contribution in [3.05, 3.63) is 23.8 Å². The van der Waals surface area contributed by atoms with Gasteiger partial charge in [-0.15, -0.1) is 0 Å². The Bertz CT molecular complexity index is 447. The normalized spacial score (nSPS) is 24.9. The van der Waals surface area contributed by atoms with Crippen molar-refractivity contribution in [3.63, 3.8) is 0 Å². The molecule has 1 fully saturated rings.